The largest absolute Gasteiger partial charge is 0.354 e. The first-order valence-corrected chi connectivity index (χ1v) is 4.04. The van der Waals surface area contributed by atoms with Crippen LogP contribution in [0.25, 0.3) is 0 Å². The zero-order valence-electron chi connectivity index (χ0n) is 7.06. The van der Waals surface area contributed by atoms with Crippen LogP contribution >= 0.6 is 11.6 Å². The Morgan fingerprint density at radius 1 is 1.55 bits per heavy atom. The third kappa shape index (κ3) is 2.22. The van der Waals surface area contributed by atoms with Gasteiger partial charge in [-0.2, -0.15) is 0 Å². The van der Waals surface area contributed by atoms with Crippen LogP contribution in [0.2, 0.25) is 0 Å². The Balaban J connectivity index is 2.67. The minimum atomic E-state index is 0.187. The quantitative estimate of drug-likeness (QED) is 0.557. The van der Waals surface area contributed by atoms with Gasteiger partial charge >= 0.3 is 0 Å². The Morgan fingerprint density at radius 3 is 2.55 bits per heavy atom. The maximum atomic E-state index is 5.71. The monoisotopic (exact) mass is 172 g/mol. The van der Waals surface area contributed by atoms with E-state index in [4.69, 9.17) is 11.6 Å². The Labute approximate surface area is 72.3 Å². The second-order valence-corrected chi connectivity index (χ2v) is 4.11. The molecule has 3 heteroatoms. The molecule has 1 rings (SSSR count). The molecule has 0 saturated heterocycles. The minimum Gasteiger partial charge on any atom is -0.354 e. The van der Waals surface area contributed by atoms with Crippen LogP contribution in [0.15, 0.2) is 17.3 Å². The average molecular weight is 173 g/mol. The summed E-state index contributed by atoms with van der Waals surface area (Å²) in [6.07, 6.45) is 3.76. The van der Waals surface area contributed by atoms with Gasteiger partial charge in [0.2, 0.25) is 0 Å². The number of nitrogens with one attached hydrogen (secondary N) is 1. The van der Waals surface area contributed by atoms with Crippen molar-refractivity contribution in [3.8, 4) is 0 Å². The molecule has 0 radical (unpaired) electrons. The van der Waals surface area contributed by atoms with E-state index >= 15 is 0 Å². The highest BCUT2D eigenvalue weighted by molar-refractivity contribution is 6.64. The van der Waals surface area contributed by atoms with Gasteiger partial charge in [-0.25, -0.2) is 4.99 Å². The van der Waals surface area contributed by atoms with E-state index in [0.717, 1.165) is 0 Å². The van der Waals surface area contributed by atoms with Gasteiger partial charge in [0.1, 0.15) is 0 Å². The van der Waals surface area contributed by atoms with Crippen LogP contribution in [0, 0.1) is 5.41 Å². The molecule has 1 atom stereocenters. The van der Waals surface area contributed by atoms with Crippen LogP contribution in [0.5, 0.6) is 0 Å². The van der Waals surface area contributed by atoms with Crippen LogP contribution in [0.4, 0.5) is 0 Å². The summed E-state index contributed by atoms with van der Waals surface area (Å²) in [5.74, 6) is 0. The van der Waals surface area contributed by atoms with E-state index < -0.39 is 0 Å². The fraction of sp³-hybridized carbons (Fsp3) is 0.625. The summed E-state index contributed by atoms with van der Waals surface area (Å²) >= 11 is 5.71. The summed E-state index contributed by atoms with van der Waals surface area (Å²) in [5, 5.41) is 3.56. The highest BCUT2D eigenvalue weighted by atomic mass is 35.5. The second kappa shape index (κ2) is 2.86. The molecule has 0 aliphatic carbocycles. The molecule has 0 fully saturated rings. The van der Waals surface area contributed by atoms with Crippen molar-refractivity contribution in [2.75, 3.05) is 0 Å². The Bertz CT molecular complexity index is 201. The van der Waals surface area contributed by atoms with E-state index in [2.05, 4.69) is 31.1 Å². The first-order chi connectivity index (χ1) is 5.00. The summed E-state index contributed by atoms with van der Waals surface area (Å²) in [6.45, 7) is 6.47. The zero-order valence-corrected chi connectivity index (χ0v) is 7.81. The van der Waals surface area contributed by atoms with E-state index in [1.165, 1.54) is 0 Å². The molecule has 1 aliphatic heterocycles. The minimum absolute atomic E-state index is 0.187. The molecule has 1 heterocycles. The Hall–Kier alpha value is -0.500. The smallest absolute Gasteiger partial charge is 0.196 e. The maximum absolute atomic E-state index is 5.71. The third-order valence-electron chi connectivity index (χ3n) is 1.67. The predicted octanol–water partition coefficient (Wildman–Crippen LogP) is 2.11. The topological polar surface area (TPSA) is 24.4 Å². The third-order valence-corrected chi connectivity index (χ3v) is 1.88. The van der Waals surface area contributed by atoms with Gasteiger partial charge < -0.3 is 5.32 Å². The van der Waals surface area contributed by atoms with Gasteiger partial charge in [0.15, 0.2) is 5.29 Å². The highest BCUT2D eigenvalue weighted by Gasteiger charge is 2.23. The SMILES string of the molecule is CC(C)(C)C1C=CN=C(Cl)N1. The first kappa shape index (κ1) is 8.60. The Morgan fingerprint density at radius 2 is 2.18 bits per heavy atom. The van der Waals surface area contributed by atoms with Crippen LogP contribution in [0.3, 0.4) is 0 Å². The fourth-order valence-corrected chi connectivity index (χ4v) is 1.09. The lowest BCUT2D eigenvalue weighted by Gasteiger charge is -2.30. The molecule has 0 aromatic rings. The number of nitrogens with zero attached hydrogens (tertiary/aromatic N) is 1. The predicted molar refractivity (Wildman–Crippen MR) is 48.8 cm³/mol. The summed E-state index contributed by atoms with van der Waals surface area (Å²) in [6, 6.07) is 0.285. The molecule has 0 aromatic heterocycles. The lowest BCUT2D eigenvalue weighted by Crippen LogP contribution is -2.41. The van der Waals surface area contributed by atoms with Crippen LogP contribution < -0.4 is 5.32 Å². The molecule has 0 amide bonds. The molecular weight excluding hydrogens is 160 g/mol. The van der Waals surface area contributed by atoms with Crippen molar-refractivity contribution >= 4 is 16.9 Å². The van der Waals surface area contributed by atoms with Crippen molar-refractivity contribution in [1.82, 2.24) is 5.32 Å². The second-order valence-electron chi connectivity index (χ2n) is 3.75. The zero-order chi connectivity index (χ0) is 8.48. The van der Waals surface area contributed by atoms with E-state index in [0.29, 0.717) is 5.29 Å². The number of hydrogen-bond acceptors (Lipinski definition) is 2. The number of amidine groups is 1. The van der Waals surface area contributed by atoms with E-state index in [9.17, 15) is 0 Å². The molecule has 11 heavy (non-hydrogen) atoms. The number of aliphatic imine (C=N–C) groups is 1. The highest BCUT2D eigenvalue weighted by Crippen LogP contribution is 2.21. The van der Waals surface area contributed by atoms with Crippen molar-refractivity contribution in [3.63, 3.8) is 0 Å². The molecular formula is C8H13ClN2. The first-order valence-electron chi connectivity index (χ1n) is 3.66. The van der Waals surface area contributed by atoms with E-state index in [1.807, 2.05) is 6.08 Å². The lowest BCUT2D eigenvalue weighted by molar-refractivity contribution is 0.342. The lowest BCUT2D eigenvalue weighted by atomic mass is 9.86. The molecule has 0 aromatic carbocycles. The van der Waals surface area contributed by atoms with Gasteiger partial charge in [0.25, 0.3) is 0 Å². The molecule has 2 nitrogen and oxygen atoms in total. The van der Waals surface area contributed by atoms with Crippen LogP contribution in [-0.4, -0.2) is 11.3 Å². The Kier molecular flexibility index (Phi) is 2.23. The molecule has 62 valence electrons. The van der Waals surface area contributed by atoms with Crippen molar-refractivity contribution in [2.24, 2.45) is 10.4 Å². The summed E-state index contributed by atoms with van der Waals surface area (Å²) in [5.41, 5.74) is 0.187. The number of rotatable bonds is 0. The molecule has 1 aliphatic rings. The maximum Gasteiger partial charge on any atom is 0.196 e. The van der Waals surface area contributed by atoms with Crippen LogP contribution in [-0.2, 0) is 0 Å². The molecule has 1 unspecified atom stereocenters. The normalized spacial score (nSPS) is 24.4. The van der Waals surface area contributed by atoms with Crippen LogP contribution in [0.1, 0.15) is 20.8 Å². The van der Waals surface area contributed by atoms with Gasteiger partial charge in [0.05, 0.1) is 6.04 Å². The van der Waals surface area contributed by atoms with E-state index in [1.54, 1.807) is 6.20 Å². The van der Waals surface area contributed by atoms with Crippen molar-refractivity contribution in [1.29, 1.82) is 0 Å². The summed E-state index contributed by atoms with van der Waals surface area (Å²) < 4.78 is 0. The van der Waals surface area contributed by atoms with Crippen molar-refractivity contribution in [2.45, 2.75) is 26.8 Å². The average Bonchev–Trinajstić information content (AvgIpc) is 1.86. The molecule has 1 N–H and O–H groups in total. The summed E-state index contributed by atoms with van der Waals surface area (Å²) in [7, 11) is 0. The van der Waals surface area contributed by atoms with Crippen molar-refractivity contribution < 1.29 is 0 Å². The van der Waals surface area contributed by atoms with Crippen molar-refractivity contribution in [3.05, 3.63) is 12.3 Å². The number of halogens is 1. The molecule has 0 bridgehead atoms. The van der Waals surface area contributed by atoms with Gasteiger partial charge in [-0.05, 0) is 23.1 Å². The van der Waals surface area contributed by atoms with Gasteiger partial charge in [0, 0.05) is 6.20 Å². The fourth-order valence-electron chi connectivity index (χ4n) is 0.913. The van der Waals surface area contributed by atoms with E-state index in [-0.39, 0.29) is 11.5 Å². The summed E-state index contributed by atoms with van der Waals surface area (Å²) in [4.78, 5) is 3.88. The molecule has 0 spiro atoms. The standard InChI is InChI=1S/C8H13ClN2/c1-8(2,3)6-4-5-10-7(9)11-6/h4-6H,1-3H3,(H,10,11). The van der Waals surface area contributed by atoms with Gasteiger partial charge in [-0.3, -0.25) is 0 Å². The number of hydrogen-bond donors (Lipinski definition) is 1. The molecule has 0 saturated carbocycles. The van der Waals surface area contributed by atoms with Gasteiger partial charge in [-0.15, -0.1) is 0 Å². The van der Waals surface area contributed by atoms with Gasteiger partial charge in [-0.1, -0.05) is 20.8 Å².